The number of benzene rings is 1. The molecule has 2 heterocycles. The van der Waals surface area contributed by atoms with E-state index >= 15 is 0 Å². The van der Waals surface area contributed by atoms with Gasteiger partial charge in [-0.05, 0) is 36.0 Å². The quantitative estimate of drug-likeness (QED) is 0.365. The number of nitrogens with zero attached hydrogens (tertiary/aromatic N) is 4. The van der Waals surface area contributed by atoms with E-state index in [9.17, 15) is 26.4 Å². The highest BCUT2D eigenvalue weighted by atomic mass is 32.2. The number of ether oxygens (including phenoxy) is 1. The first-order valence-corrected chi connectivity index (χ1v) is 12.5. The predicted molar refractivity (Wildman–Crippen MR) is 109 cm³/mol. The highest BCUT2D eigenvalue weighted by molar-refractivity contribution is 7.98. The van der Waals surface area contributed by atoms with Crippen LogP contribution < -0.4 is 0 Å². The summed E-state index contributed by atoms with van der Waals surface area (Å²) in [4.78, 5) is 16.2. The molecule has 0 N–H and O–H groups in total. The van der Waals surface area contributed by atoms with Crippen LogP contribution in [-0.4, -0.2) is 52.0 Å². The van der Waals surface area contributed by atoms with Gasteiger partial charge in [-0.2, -0.15) is 22.6 Å². The number of aromatic nitrogens is 4. The fourth-order valence-corrected chi connectivity index (χ4v) is 4.07. The fraction of sp³-hybridized carbons (Fsp3) is 0.294. The molecule has 14 heteroatoms. The van der Waals surface area contributed by atoms with Crippen molar-refractivity contribution >= 4 is 39.1 Å². The van der Waals surface area contributed by atoms with Gasteiger partial charge >= 0.3 is 12.1 Å². The second-order valence-electron chi connectivity index (χ2n) is 6.22. The molecule has 0 fully saturated rings. The van der Waals surface area contributed by atoms with Gasteiger partial charge in [-0.3, -0.25) is 9.48 Å². The molecule has 0 saturated heterocycles. The Morgan fingerprint density at radius 3 is 2.68 bits per heavy atom. The van der Waals surface area contributed by atoms with E-state index in [0.29, 0.717) is 5.56 Å². The van der Waals surface area contributed by atoms with Crippen molar-refractivity contribution in [2.45, 2.75) is 17.6 Å². The molecular formula is C17H15F3N4O4S3. The monoisotopic (exact) mass is 492 g/mol. The molecule has 0 bridgehead atoms. The SMILES string of the molecule is CSCOC(=O)Cn1nc(C(F)(F)F)cc1-c1nc(-c2cccc(S(C)(=O)=O)c2)ns1. The minimum Gasteiger partial charge on any atom is -0.453 e. The Morgan fingerprint density at radius 2 is 2.03 bits per heavy atom. The van der Waals surface area contributed by atoms with Crippen LogP contribution in [0.4, 0.5) is 13.2 Å². The van der Waals surface area contributed by atoms with Crippen molar-refractivity contribution < 1.29 is 31.1 Å². The van der Waals surface area contributed by atoms with E-state index in [0.717, 1.165) is 28.5 Å². The van der Waals surface area contributed by atoms with Gasteiger partial charge in [0.15, 0.2) is 26.4 Å². The van der Waals surface area contributed by atoms with Gasteiger partial charge in [0, 0.05) is 11.8 Å². The van der Waals surface area contributed by atoms with Crippen molar-refractivity contribution in [3.05, 3.63) is 36.0 Å². The highest BCUT2D eigenvalue weighted by Crippen LogP contribution is 2.33. The van der Waals surface area contributed by atoms with Crippen molar-refractivity contribution in [3.63, 3.8) is 0 Å². The summed E-state index contributed by atoms with van der Waals surface area (Å²) >= 11 is 2.04. The standard InChI is InChI=1S/C17H15F3N4O4S3/c1-29-9-28-14(25)8-24-12(7-13(22-24)17(18,19)20)16-21-15(23-30-16)10-4-3-5-11(6-10)31(2,26)27/h3-7H,8-9H2,1-2H3. The van der Waals surface area contributed by atoms with Gasteiger partial charge in [-0.15, -0.1) is 11.8 Å². The molecule has 0 aliphatic carbocycles. The number of alkyl halides is 3. The summed E-state index contributed by atoms with van der Waals surface area (Å²) in [5, 5.41) is 3.56. The van der Waals surface area contributed by atoms with Crippen LogP contribution in [0.3, 0.4) is 0 Å². The topological polar surface area (TPSA) is 104 Å². The molecular weight excluding hydrogens is 477 g/mol. The minimum atomic E-state index is -4.72. The summed E-state index contributed by atoms with van der Waals surface area (Å²) in [5.74, 6) is -0.559. The van der Waals surface area contributed by atoms with Crippen molar-refractivity contribution in [1.82, 2.24) is 19.1 Å². The Labute approximate surface area is 183 Å². The third-order valence-electron chi connectivity index (χ3n) is 3.85. The normalized spacial score (nSPS) is 12.2. The molecule has 0 aliphatic rings. The fourth-order valence-electron chi connectivity index (χ4n) is 2.45. The zero-order valence-corrected chi connectivity index (χ0v) is 18.5. The minimum absolute atomic E-state index is 0.0567. The number of esters is 1. The van der Waals surface area contributed by atoms with Crippen molar-refractivity contribution in [3.8, 4) is 22.1 Å². The van der Waals surface area contributed by atoms with E-state index in [2.05, 4.69) is 14.5 Å². The van der Waals surface area contributed by atoms with Gasteiger partial charge in [-0.25, -0.2) is 13.4 Å². The molecule has 0 amide bonds. The van der Waals surface area contributed by atoms with Gasteiger partial charge in [0.1, 0.15) is 12.5 Å². The molecule has 0 saturated carbocycles. The Hall–Kier alpha value is -2.45. The summed E-state index contributed by atoms with van der Waals surface area (Å²) in [7, 11) is -3.46. The van der Waals surface area contributed by atoms with Crippen LogP contribution in [0, 0.1) is 0 Å². The molecule has 0 atom stereocenters. The summed E-state index contributed by atoms with van der Waals surface area (Å²) in [6.45, 7) is -0.537. The number of thioether (sulfide) groups is 1. The van der Waals surface area contributed by atoms with Gasteiger partial charge < -0.3 is 4.74 Å². The van der Waals surface area contributed by atoms with Gasteiger partial charge in [0.2, 0.25) is 0 Å². The van der Waals surface area contributed by atoms with Crippen molar-refractivity contribution in [2.75, 3.05) is 18.5 Å². The summed E-state index contributed by atoms with van der Waals surface area (Å²) in [6, 6.07) is 6.66. The molecule has 0 spiro atoms. The zero-order chi connectivity index (χ0) is 22.8. The maximum absolute atomic E-state index is 13.2. The van der Waals surface area contributed by atoms with Crippen LogP contribution in [0.2, 0.25) is 0 Å². The lowest BCUT2D eigenvalue weighted by Crippen LogP contribution is -2.16. The van der Waals surface area contributed by atoms with E-state index in [1.54, 1.807) is 12.3 Å². The van der Waals surface area contributed by atoms with E-state index in [-0.39, 0.29) is 27.4 Å². The lowest BCUT2D eigenvalue weighted by molar-refractivity contribution is -0.144. The summed E-state index contributed by atoms with van der Waals surface area (Å²) in [6.07, 6.45) is -1.96. The first-order chi connectivity index (χ1) is 14.5. The average molecular weight is 493 g/mol. The predicted octanol–water partition coefficient (Wildman–Crippen LogP) is 3.35. The van der Waals surface area contributed by atoms with Crippen LogP contribution >= 0.6 is 23.3 Å². The Bertz CT molecular complexity index is 1210. The molecule has 0 aliphatic heterocycles. The van der Waals surface area contributed by atoms with Crippen molar-refractivity contribution in [2.24, 2.45) is 0 Å². The van der Waals surface area contributed by atoms with Crippen LogP contribution in [0.15, 0.2) is 35.2 Å². The van der Waals surface area contributed by atoms with Gasteiger partial charge in [-0.1, -0.05) is 12.1 Å². The lowest BCUT2D eigenvalue weighted by atomic mass is 10.2. The number of hydrogen-bond acceptors (Lipinski definition) is 9. The van der Waals surface area contributed by atoms with Crippen LogP contribution in [0.1, 0.15) is 5.69 Å². The number of carbonyl (C=O) groups is 1. The summed E-state index contributed by atoms with van der Waals surface area (Å²) < 4.78 is 72.9. The third-order valence-corrected chi connectivity index (χ3v) is 6.05. The van der Waals surface area contributed by atoms with Crippen LogP contribution in [-0.2, 0) is 32.1 Å². The second-order valence-corrected chi connectivity index (χ2v) is 9.80. The maximum atomic E-state index is 13.2. The average Bonchev–Trinajstić information content (AvgIpc) is 3.32. The number of sulfone groups is 1. The first-order valence-electron chi connectivity index (χ1n) is 8.43. The number of halogens is 3. The Balaban J connectivity index is 1.99. The number of rotatable bonds is 7. The lowest BCUT2D eigenvalue weighted by Gasteiger charge is -2.05. The number of hydrogen-bond donors (Lipinski definition) is 0. The van der Waals surface area contributed by atoms with Gasteiger partial charge in [0.25, 0.3) is 0 Å². The Morgan fingerprint density at radius 1 is 1.29 bits per heavy atom. The van der Waals surface area contributed by atoms with E-state index in [1.165, 1.54) is 30.0 Å². The van der Waals surface area contributed by atoms with Crippen LogP contribution in [0.5, 0.6) is 0 Å². The number of carbonyl (C=O) groups excluding carboxylic acids is 1. The molecule has 3 aromatic rings. The molecule has 166 valence electrons. The van der Waals surface area contributed by atoms with Crippen molar-refractivity contribution in [1.29, 1.82) is 0 Å². The zero-order valence-electron chi connectivity index (χ0n) is 16.1. The van der Waals surface area contributed by atoms with E-state index in [4.69, 9.17) is 4.74 Å². The largest absolute Gasteiger partial charge is 0.453 e. The summed E-state index contributed by atoms with van der Waals surface area (Å²) in [5.41, 5.74) is -0.862. The van der Waals surface area contributed by atoms with Gasteiger partial charge in [0.05, 0.1) is 10.6 Å². The third kappa shape index (κ3) is 5.62. The molecule has 8 nitrogen and oxygen atoms in total. The first kappa shape index (κ1) is 23.2. The maximum Gasteiger partial charge on any atom is 0.435 e. The molecule has 0 unspecified atom stereocenters. The molecule has 31 heavy (non-hydrogen) atoms. The smallest absolute Gasteiger partial charge is 0.435 e. The van der Waals surface area contributed by atoms with E-state index in [1.807, 2.05) is 0 Å². The van der Waals surface area contributed by atoms with Crippen LogP contribution in [0.25, 0.3) is 22.1 Å². The van der Waals surface area contributed by atoms with E-state index < -0.39 is 34.2 Å². The highest BCUT2D eigenvalue weighted by Gasteiger charge is 2.36. The molecule has 1 aromatic carbocycles. The molecule has 2 aromatic heterocycles. The molecule has 0 radical (unpaired) electrons. The molecule has 3 rings (SSSR count). The Kier molecular flexibility index (Phi) is 6.71. The second kappa shape index (κ2) is 8.96.